The molecule has 1 aliphatic rings. The number of halogens is 3. The van der Waals surface area contributed by atoms with E-state index in [-0.39, 0.29) is 15.6 Å². The van der Waals surface area contributed by atoms with Gasteiger partial charge in [-0.2, -0.15) is 23.3 Å². The van der Waals surface area contributed by atoms with E-state index < -0.39 is 24.2 Å². The Balaban J connectivity index is 2.38. The van der Waals surface area contributed by atoms with Crippen LogP contribution in [0.1, 0.15) is 41.4 Å². The van der Waals surface area contributed by atoms with Gasteiger partial charge >= 0.3 is 6.18 Å². The maximum atomic E-state index is 13.2. The van der Waals surface area contributed by atoms with E-state index in [0.29, 0.717) is 12.8 Å². The van der Waals surface area contributed by atoms with Crippen LogP contribution in [0.2, 0.25) is 0 Å². The fourth-order valence-corrected chi connectivity index (χ4v) is 2.95. The summed E-state index contributed by atoms with van der Waals surface area (Å²) in [7, 11) is 0. The molecule has 2 rings (SSSR count). The smallest absolute Gasteiger partial charge is 0.362 e. The number of hydrazone groups is 1. The van der Waals surface area contributed by atoms with Crippen LogP contribution in [0.5, 0.6) is 0 Å². The van der Waals surface area contributed by atoms with Crippen LogP contribution in [0.4, 0.5) is 13.2 Å². The third-order valence-electron chi connectivity index (χ3n) is 3.17. The van der Waals surface area contributed by atoms with Crippen LogP contribution in [0.25, 0.3) is 0 Å². The lowest BCUT2D eigenvalue weighted by Crippen LogP contribution is -2.56. The van der Waals surface area contributed by atoms with Crippen molar-refractivity contribution in [1.29, 1.82) is 0 Å². The SMILES string of the molecule is CCCC1=NN(C(=O)c2cc(C)cs2)C(O)(C(F)(F)F)C1. The quantitative estimate of drug-likeness (QED) is 0.929. The van der Waals surface area contributed by atoms with Gasteiger partial charge in [0.25, 0.3) is 11.6 Å². The van der Waals surface area contributed by atoms with Crippen molar-refractivity contribution >= 4 is 23.0 Å². The van der Waals surface area contributed by atoms with Gasteiger partial charge in [-0.3, -0.25) is 4.79 Å². The molecule has 1 amide bonds. The number of carbonyl (C=O) groups is 1. The van der Waals surface area contributed by atoms with E-state index in [1.807, 2.05) is 0 Å². The Hall–Kier alpha value is -1.41. The minimum atomic E-state index is -4.96. The van der Waals surface area contributed by atoms with Crippen LogP contribution in [0.15, 0.2) is 16.5 Å². The number of nitrogens with zero attached hydrogens (tertiary/aromatic N) is 2. The summed E-state index contributed by atoms with van der Waals surface area (Å²) < 4.78 is 39.5. The lowest BCUT2D eigenvalue weighted by Gasteiger charge is -2.32. The maximum Gasteiger partial charge on any atom is 0.438 e. The summed E-state index contributed by atoms with van der Waals surface area (Å²) in [4.78, 5) is 12.4. The summed E-state index contributed by atoms with van der Waals surface area (Å²) in [5, 5.41) is 15.6. The molecule has 2 heterocycles. The molecule has 1 aromatic rings. The molecule has 1 N–H and O–H groups in total. The number of aliphatic hydroxyl groups is 1. The van der Waals surface area contributed by atoms with Gasteiger partial charge in [0.2, 0.25) is 0 Å². The van der Waals surface area contributed by atoms with Crippen molar-refractivity contribution in [3.05, 3.63) is 21.9 Å². The Morgan fingerprint density at radius 3 is 2.71 bits per heavy atom. The highest BCUT2D eigenvalue weighted by Gasteiger charge is 2.63. The first-order valence-electron chi connectivity index (χ1n) is 6.44. The predicted octanol–water partition coefficient (Wildman–Crippen LogP) is 3.31. The number of aryl methyl sites for hydroxylation is 1. The minimum absolute atomic E-state index is 0.122. The molecule has 0 radical (unpaired) electrons. The highest BCUT2D eigenvalue weighted by molar-refractivity contribution is 7.12. The van der Waals surface area contributed by atoms with Crippen LogP contribution in [-0.4, -0.2) is 33.6 Å². The van der Waals surface area contributed by atoms with Crippen LogP contribution in [0.3, 0.4) is 0 Å². The van der Waals surface area contributed by atoms with Crippen molar-refractivity contribution < 1.29 is 23.1 Å². The number of hydrogen-bond donors (Lipinski definition) is 1. The van der Waals surface area contributed by atoms with Gasteiger partial charge in [-0.1, -0.05) is 13.3 Å². The predicted molar refractivity (Wildman–Crippen MR) is 73.2 cm³/mol. The third-order valence-corrected chi connectivity index (χ3v) is 4.20. The zero-order valence-electron chi connectivity index (χ0n) is 11.6. The average Bonchev–Trinajstić information content (AvgIpc) is 2.93. The Labute approximate surface area is 123 Å². The molecule has 1 aromatic heterocycles. The van der Waals surface area contributed by atoms with Crippen molar-refractivity contribution in [3.63, 3.8) is 0 Å². The first-order chi connectivity index (χ1) is 9.69. The van der Waals surface area contributed by atoms with Crippen LogP contribution in [-0.2, 0) is 0 Å². The third kappa shape index (κ3) is 2.82. The Morgan fingerprint density at radius 2 is 2.24 bits per heavy atom. The van der Waals surface area contributed by atoms with E-state index in [4.69, 9.17) is 0 Å². The normalized spacial score (nSPS) is 22.6. The number of thiophene rings is 1. The molecular formula is C13H15F3N2O2S. The molecule has 1 aliphatic heterocycles. The van der Waals surface area contributed by atoms with Gasteiger partial charge in [0.15, 0.2) is 0 Å². The highest BCUT2D eigenvalue weighted by atomic mass is 32.1. The summed E-state index contributed by atoms with van der Waals surface area (Å²) >= 11 is 1.03. The molecular weight excluding hydrogens is 305 g/mol. The van der Waals surface area contributed by atoms with Crippen molar-refractivity contribution in [3.8, 4) is 0 Å². The monoisotopic (exact) mass is 320 g/mol. The molecule has 0 saturated heterocycles. The van der Waals surface area contributed by atoms with Gasteiger partial charge in [0, 0.05) is 12.1 Å². The first-order valence-corrected chi connectivity index (χ1v) is 7.32. The lowest BCUT2D eigenvalue weighted by atomic mass is 10.0. The largest absolute Gasteiger partial charge is 0.438 e. The van der Waals surface area contributed by atoms with Gasteiger partial charge in [-0.15, -0.1) is 11.3 Å². The Morgan fingerprint density at radius 1 is 1.57 bits per heavy atom. The molecule has 1 atom stereocenters. The summed E-state index contributed by atoms with van der Waals surface area (Å²) in [5.74, 6) is -0.931. The lowest BCUT2D eigenvalue weighted by molar-refractivity contribution is -0.297. The van der Waals surface area contributed by atoms with Crippen molar-refractivity contribution in [2.75, 3.05) is 0 Å². The average molecular weight is 320 g/mol. The minimum Gasteiger partial charge on any atom is -0.362 e. The standard InChI is InChI=1S/C13H15F3N2O2S/c1-3-4-9-6-12(20,13(14,15)16)18(17-9)11(19)10-5-8(2)7-21-10/h5,7,20H,3-4,6H2,1-2H3. The molecule has 21 heavy (non-hydrogen) atoms. The van der Waals surface area contributed by atoms with Gasteiger partial charge < -0.3 is 5.11 Å². The second kappa shape index (κ2) is 5.42. The fraction of sp³-hybridized carbons (Fsp3) is 0.538. The van der Waals surface area contributed by atoms with Crippen LogP contribution >= 0.6 is 11.3 Å². The van der Waals surface area contributed by atoms with Gasteiger partial charge in [0.1, 0.15) is 0 Å². The van der Waals surface area contributed by atoms with Gasteiger partial charge in [-0.25, -0.2) is 0 Å². The van der Waals surface area contributed by atoms with Crippen molar-refractivity contribution in [2.24, 2.45) is 5.10 Å². The second-order valence-corrected chi connectivity index (χ2v) is 5.92. The number of carbonyl (C=O) groups excluding carboxylic acids is 1. The van der Waals surface area contributed by atoms with Gasteiger partial charge in [-0.05, 0) is 30.4 Å². The molecule has 8 heteroatoms. The van der Waals surface area contributed by atoms with Crippen molar-refractivity contribution in [2.45, 2.75) is 45.0 Å². The molecule has 1 unspecified atom stereocenters. The number of amides is 1. The Kier molecular flexibility index (Phi) is 4.12. The summed E-state index contributed by atoms with van der Waals surface area (Å²) in [5.41, 5.74) is -2.30. The summed E-state index contributed by atoms with van der Waals surface area (Å²) in [6.07, 6.45) is -4.76. The maximum absolute atomic E-state index is 13.2. The molecule has 0 aliphatic carbocycles. The number of hydrogen-bond acceptors (Lipinski definition) is 4. The zero-order chi connectivity index (χ0) is 15.8. The molecule has 0 saturated carbocycles. The molecule has 0 aromatic carbocycles. The van der Waals surface area contributed by atoms with E-state index in [9.17, 15) is 23.1 Å². The highest BCUT2D eigenvalue weighted by Crippen LogP contribution is 2.41. The molecule has 4 nitrogen and oxygen atoms in total. The van der Waals surface area contributed by atoms with Crippen LogP contribution in [0, 0.1) is 6.92 Å². The number of rotatable bonds is 3. The van der Waals surface area contributed by atoms with E-state index in [2.05, 4.69) is 5.10 Å². The zero-order valence-corrected chi connectivity index (χ0v) is 12.4. The Bertz CT molecular complexity index is 582. The summed E-state index contributed by atoms with van der Waals surface area (Å²) in [6.45, 7) is 3.53. The van der Waals surface area contributed by atoms with E-state index in [1.165, 1.54) is 6.07 Å². The molecule has 0 spiro atoms. The fourth-order valence-electron chi connectivity index (χ4n) is 2.13. The van der Waals surface area contributed by atoms with E-state index >= 15 is 0 Å². The topological polar surface area (TPSA) is 52.9 Å². The first kappa shape index (κ1) is 16.0. The van der Waals surface area contributed by atoms with E-state index in [1.54, 1.807) is 19.2 Å². The van der Waals surface area contributed by atoms with Crippen LogP contribution < -0.4 is 0 Å². The van der Waals surface area contributed by atoms with Gasteiger partial charge in [0.05, 0.1) is 4.88 Å². The molecule has 0 bridgehead atoms. The summed E-state index contributed by atoms with van der Waals surface area (Å²) in [6, 6.07) is 1.48. The molecule has 116 valence electrons. The second-order valence-electron chi connectivity index (χ2n) is 5.01. The molecule has 0 fully saturated rings. The van der Waals surface area contributed by atoms with E-state index in [0.717, 1.165) is 16.9 Å². The number of alkyl halides is 3. The van der Waals surface area contributed by atoms with Crippen molar-refractivity contribution in [1.82, 2.24) is 5.01 Å².